The number of methoxy groups -OCH3 is 1. The summed E-state index contributed by atoms with van der Waals surface area (Å²) in [4.78, 5) is 30.2. The number of benzene rings is 3. The van der Waals surface area contributed by atoms with Crippen LogP contribution in [0.3, 0.4) is 0 Å². The zero-order valence-corrected chi connectivity index (χ0v) is 18.9. The normalized spacial score (nSPS) is 16.6. The molecular weight excluding hydrogens is 414 g/mol. The second kappa shape index (κ2) is 9.24. The second-order valence-electron chi connectivity index (χ2n) is 8.92. The fourth-order valence-corrected chi connectivity index (χ4v) is 4.37. The van der Waals surface area contributed by atoms with Gasteiger partial charge in [0.1, 0.15) is 5.75 Å². The molecule has 2 amide bonds. The number of hydrogen-bond acceptors (Lipinski definition) is 4. The van der Waals surface area contributed by atoms with Crippen molar-refractivity contribution in [3.8, 4) is 5.75 Å². The zero-order valence-electron chi connectivity index (χ0n) is 18.9. The Morgan fingerprint density at radius 2 is 1.61 bits per heavy atom. The molecular formula is C27H29N3O3. The fraction of sp³-hybridized carbons (Fsp3) is 0.333. The average molecular weight is 444 g/mol. The van der Waals surface area contributed by atoms with E-state index in [1.54, 1.807) is 7.11 Å². The first kappa shape index (κ1) is 21.5. The number of anilines is 1. The van der Waals surface area contributed by atoms with Crippen molar-refractivity contribution in [2.45, 2.75) is 19.4 Å². The van der Waals surface area contributed by atoms with Crippen LogP contribution in [-0.4, -0.2) is 54.9 Å². The molecule has 170 valence electrons. The number of nitrogens with zero attached hydrogens (tertiary/aromatic N) is 2. The van der Waals surface area contributed by atoms with Crippen molar-refractivity contribution >= 4 is 28.3 Å². The fourth-order valence-electron chi connectivity index (χ4n) is 4.37. The van der Waals surface area contributed by atoms with Gasteiger partial charge in [-0.1, -0.05) is 36.4 Å². The molecule has 33 heavy (non-hydrogen) atoms. The largest absolute Gasteiger partial charge is 0.497 e. The van der Waals surface area contributed by atoms with Gasteiger partial charge in [0.2, 0.25) is 5.91 Å². The third-order valence-electron chi connectivity index (χ3n) is 6.55. The molecule has 3 aromatic carbocycles. The number of ether oxygens (including phenoxy) is 1. The highest BCUT2D eigenvalue weighted by Crippen LogP contribution is 2.32. The van der Waals surface area contributed by atoms with Crippen molar-refractivity contribution < 1.29 is 14.3 Å². The third-order valence-corrected chi connectivity index (χ3v) is 6.55. The van der Waals surface area contributed by atoms with E-state index in [1.807, 2.05) is 53.4 Å². The number of piperazine rings is 1. The molecule has 0 radical (unpaired) electrons. The Labute approximate surface area is 194 Å². The summed E-state index contributed by atoms with van der Waals surface area (Å²) < 4.78 is 5.23. The highest BCUT2D eigenvalue weighted by molar-refractivity contribution is 6.08. The second-order valence-corrected chi connectivity index (χ2v) is 8.92. The molecule has 1 saturated carbocycles. The molecule has 5 rings (SSSR count). The van der Waals surface area contributed by atoms with Crippen molar-refractivity contribution in [1.82, 2.24) is 9.80 Å². The molecule has 6 heteroatoms. The van der Waals surface area contributed by atoms with Crippen LogP contribution < -0.4 is 10.1 Å². The topological polar surface area (TPSA) is 61.9 Å². The van der Waals surface area contributed by atoms with Gasteiger partial charge in [-0.25, -0.2) is 0 Å². The number of amides is 2. The number of fused-ring (bicyclic) bond motifs is 1. The van der Waals surface area contributed by atoms with Gasteiger partial charge in [0.05, 0.1) is 18.4 Å². The van der Waals surface area contributed by atoms with Crippen LogP contribution in [0.25, 0.3) is 10.8 Å². The number of hydrogen-bond donors (Lipinski definition) is 1. The number of carbonyl (C=O) groups excluding carboxylic acids is 2. The van der Waals surface area contributed by atoms with E-state index in [-0.39, 0.29) is 17.7 Å². The Morgan fingerprint density at radius 1 is 0.939 bits per heavy atom. The maximum Gasteiger partial charge on any atom is 0.256 e. The summed E-state index contributed by atoms with van der Waals surface area (Å²) in [5, 5.41) is 5.05. The van der Waals surface area contributed by atoms with E-state index < -0.39 is 0 Å². The summed E-state index contributed by atoms with van der Waals surface area (Å²) in [6, 6.07) is 19.9. The lowest BCUT2D eigenvalue weighted by atomic mass is 10.0. The quantitative estimate of drug-likeness (QED) is 0.622. The summed E-state index contributed by atoms with van der Waals surface area (Å²) in [7, 11) is 1.67. The molecule has 1 saturated heterocycles. The van der Waals surface area contributed by atoms with Gasteiger partial charge in [0.15, 0.2) is 0 Å². The van der Waals surface area contributed by atoms with Gasteiger partial charge in [-0.2, -0.15) is 0 Å². The van der Waals surface area contributed by atoms with E-state index in [0.29, 0.717) is 24.3 Å². The monoisotopic (exact) mass is 443 g/mol. The first-order chi connectivity index (χ1) is 16.1. The van der Waals surface area contributed by atoms with Gasteiger partial charge in [-0.3, -0.25) is 14.5 Å². The SMILES string of the molecule is COc1ccc(CN2CCN(C(=O)c3cc4ccccc4cc3NC(=O)C3CC3)CC2)cc1. The van der Waals surface area contributed by atoms with Gasteiger partial charge in [-0.15, -0.1) is 0 Å². The molecule has 0 bridgehead atoms. The molecule has 0 spiro atoms. The molecule has 0 unspecified atom stereocenters. The predicted molar refractivity (Wildman–Crippen MR) is 129 cm³/mol. The molecule has 6 nitrogen and oxygen atoms in total. The van der Waals surface area contributed by atoms with Crippen molar-refractivity contribution in [2.75, 3.05) is 38.6 Å². The first-order valence-electron chi connectivity index (χ1n) is 11.6. The van der Waals surface area contributed by atoms with Gasteiger partial charge >= 0.3 is 0 Å². The standard InChI is InChI=1S/C27H29N3O3/c1-33-23-10-6-19(7-11-23)18-29-12-14-30(15-13-29)27(32)24-16-21-4-2-3-5-22(21)17-25(24)28-26(31)20-8-9-20/h2-7,10-11,16-17,20H,8-9,12-15,18H2,1H3,(H,28,31). The maximum atomic E-state index is 13.5. The van der Waals surface area contributed by atoms with E-state index in [4.69, 9.17) is 4.74 Å². The Balaban J connectivity index is 1.29. The Kier molecular flexibility index (Phi) is 6.01. The number of nitrogens with one attached hydrogen (secondary N) is 1. The van der Waals surface area contributed by atoms with E-state index in [9.17, 15) is 9.59 Å². The molecule has 1 aliphatic carbocycles. The lowest BCUT2D eigenvalue weighted by molar-refractivity contribution is -0.117. The highest BCUT2D eigenvalue weighted by Gasteiger charge is 2.31. The Morgan fingerprint density at radius 3 is 2.24 bits per heavy atom. The number of rotatable bonds is 6. The lowest BCUT2D eigenvalue weighted by Crippen LogP contribution is -2.48. The van der Waals surface area contributed by atoms with Crippen LogP contribution in [0.1, 0.15) is 28.8 Å². The molecule has 0 atom stereocenters. The van der Waals surface area contributed by atoms with E-state index in [1.165, 1.54) is 5.56 Å². The van der Waals surface area contributed by atoms with Crippen molar-refractivity contribution in [3.05, 3.63) is 71.8 Å². The zero-order chi connectivity index (χ0) is 22.8. The van der Waals surface area contributed by atoms with Gasteiger partial charge < -0.3 is 15.0 Å². The van der Waals surface area contributed by atoms with Crippen molar-refractivity contribution in [3.63, 3.8) is 0 Å². The summed E-state index contributed by atoms with van der Waals surface area (Å²) in [6.45, 7) is 3.81. The highest BCUT2D eigenvalue weighted by atomic mass is 16.5. The minimum atomic E-state index is -0.0176. The lowest BCUT2D eigenvalue weighted by Gasteiger charge is -2.35. The number of carbonyl (C=O) groups is 2. The Hall–Kier alpha value is -3.38. The van der Waals surface area contributed by atoms with E-state index in [2.05, 4.69) is 22.3 Å². The van der Waals surface area contributed by atoms with Gasteiger partial charge in [0, 0.05) is 38.6 Å². The Bertz CT molecular complexity index is 1160. The van der Waals surface area contributed by atoms with Crippen molar-refractivity contribution in [2.24, 2.45) is 5.92 Å². The predicted octanol–water partition coefficient (Wildman–Crippen LogP) is 4.15. The summed E-state index contributed by atoms with van der Waals surface area (Å²) in [5.41, 5.74) is 2.43. The smallest absolute Gasteiger partial charge is 0.256 e. The first-order valence-corrected chi connectivity index (χ1v) is 11.6. The van der Waals surface area contributed by atoms with Crippen LogP contribution in [0.4, 0.5) is 5.69 Å². The summed E-state index contributed by atoms with van der Waals surface area (Å²) in [5.74, 6) is 0.939. The van der Waals surface area contributed by atoms with Gasteiger partial charge in [0.25, 0.3) is 5.91 Å². The minimum absolute atomic E-state index is 0.0173. The van der Waals surface area contributed by atoms with Gasteiger partial charge in [-0.05, 0) is 53.4 Å². The molecule has 1 N–H and O–H groups in total. The van der Waals surface area contributed by atoms with Crippen LogP contribution in [0.15, 0.2) is 60.7 Å². The van der Waals surface area contributed by atoms with Crippen LogP contribution in [-0.2, 0) is 11.3 Å². The van der Waals surface area contributed by atoms with E-state index >= 15 is 0 Å². The van der Waals surface area contributed by atoms with Crippen LogP contribution >= 0.6 is 0 Å². The van der Waals surface area contributed by atoms with Crippen LogP contribution in [0.5, 0.6) is 5.75 Å². The molecule has 2 aliphatic rings. The molecule has 1 heterocycles. The molecule has 1 aliphatic heterocycles. The third kappa shape index (κ3) is 4.86. The molecule has 0 aromatic heterocycles. The molecule has 3 aromatic rings. The molecule has 2 fully saturated rings. The minimum Gasteiger partial charge on any atom is -0.497 e. The summed E-state index contributed by atoms with van der Waals surface area (Å²) >= 11 is 0. The van der Waals surface area contributed by atoms with Crippen LogP contribution in [0.2, 0.25) is 0 Å². The van der Waals surface area contributed by atoms with Crippen molar-refractivity contribution in [1.29, 1.82) is 0 Å². The summed E-state index contributed by atoms with van der Waals surface area (Å²) in [6.07, 6.45) is 1.86. The maximum absolute atomic E-state index is 13.5. The van der Waals surface area contributed by atoms with E-state index in [0.717, 1.165) is 49.0 Å². The van der Waals surface area contributed by atoms with Crippen LogP contribution in [0, 0.1) is 5.92 Å². The average Bonchev–Trinajstić information content (AvgIpc) is 3.70.